The van der Waals surface area contributed by atoms with Gasteiger partial charge in [-0.25, -0.2) is 0 Å². The first-order chi connectivity index (χ1) is 14.0. The van der Waals surface area contributed by atoms with Gasteiger partial charge < -0.3 is 10.2 Å². The minimum Gasteiger partial charge on any atom is -0.511 e. The number of ketones is 2. The number of hydrogen-bond acceptors (Lipinski definition) is 4. The van der Waals surface area contributed by atoms with Crippen molar-refractivity contribution in [2.24, 2.45) is 5.41 Å². The number of rotatable bonds is 10. The number of allylic oxidation sites excluding steroid dienone is 9. The minimum atomic E-state index is -1.28. The normalized spacial score (nSPS) is 15.8. The highest BCUT2D eigenvalue weighted by atomic mass is 16.3. The van der Waals surface area contributed by atoms with Gasteiger partial charge in [-0.1, -0.05) is 48.3 Å². The van der Waals surface area contributed by atoms with Gasteiger partial charge in [-0.05, 0) is 67.2 Å². The van der Waals surface area contributed by atoms with Gasteiger partial charge in [0.25, 0.3) is 0 Å². The van der Waals surface area contributed by atoms with Gasteiger partial charge >= 0.3 is 0 Å². The molecule has 0 fully saturated rings. The Labute approximate surface area is 181 Å². The second kappa shape index (κ2) is 11.1. The predicted molar refractivity (Wildman–Crippen MR) is 123 cm³/mol. The molecule has 0 unspecified atom stereocenters. The van der Waals surface area contributed by atoms with E-state index in [0.717, 1.165) is 23.1 Å². The van der Waals surface area contributed by atoms with Crippen molar-refractivity contribution in [3.63, 3.8) is 0 Å². The van der Waals surface area contributed by atoms with Crippen LogP contribution >= 0.6 is 0 Å². The zero-order valence-corrected chi connectivity index (χ0v) is 19.7. The highest BCUT2D eigenvalue weighted by molar-refractivity contribution is 6.24. The van der Waals surface area contributed by atoms with Gasteiger partial charge in [-0.2, -0.15) is 0 Å². The van der Waals surface area contributed by atoms with Crippen LogP contribution in [0.25, 0.3) is 0 Å². The van der Waals surface area contributed by atoms with E-state index in [1.54, 1.807) is 0 Å². The summed E-state index contributed by atoms with van der Waals surface area (Å²) in [5, 5.41) is 22.2. The number of hydrogen-bond donors (Lipinski definition) is 2. The van der Waals surface area contributed by atoms with Crippen LogP contribution in [-0.4, -0.2) is 21.8 Å². The first-order valence-electron chi connectivity index (χ1n) is 10.8. The number of carbonyl (C=O) groups is 2. The largest absolute Gasteiger partial charge is 0.511 e. The van der Waals surface area contributed by atoms with Gasteiger partial charge in [-0.15, -0.1) is 0 Å². The van der Waals surface area contributed by atoms with E-state index in [1.165, 1.54) is 0 Å². The van der Waals surface area contributed by atoms with E-state index in [-0.39, 0.29) is 54.1 Å². The van der Waals surface area contributed by atoms with E-state index in [1.807, 2.05) is 66.7 Å². The molecule has 0 bridgehead atoms. The van der Waals surface area contributed by atoms with Crippen LogP contribution in [0.2, 0.25) is 0 Å². The molecule has 0 aromatic heterocycles. The third-order valence-corrected chi connectivity index (χ3v) is 5.39. The van der Waals surface area contributed by atoms with Crippen LogP contribution in [0.1, 0.15) is 87.0 Å². The SMILES string of the molecule is CCCCC(=O)C1=C(O)C(CC=C(C)C)=C(O)C(CC=C(C)C)(CC=C(C)C)C1=O. The van der Waals surface area contributed by atoms with Gasteiger partial charge in [0.2, 0.25) is 0 Å². The van der Waals surface area contributed by atoms with Crippen LogP contribution < -0.4 is 0 Å². The van der Waals surface area contributed by atoms with Crippen LogP contribution in [0.5, 0.6) is 0 Å². The maximum Gasteiger partial charge on any atom is 0.184 e. The van der Waals surface area contributed by atoms with Crippen LogP contribution in [0.4, 0.5) is 0 Å². The van der Waals surface area contributed by atoms with Crippen molar-refractivity contribution >= 4 is 11.6 Å². The number of aliphatic hydroxyl groups is 2. The standard InChI is InChI=1S/C26H38O4/c1-8-9-10-21(27)22-23(28)20(12-11-17(2)3)24(29)26(25(22)30,15-13-18(4)5)16-14-19(6)7/h11,13-14,28-29H,8-10,12,15-16H2,1-7H3. The van der Waals surface area contributed by atoms with Gasteiger partial charge in [0.15, 0.2) is 11.6 Å². The minimum absolute atomic E-state index is 0.121. The maximum absolute atomic E-state index is 13.7. The highest BCUT2D eigenvalue weighted by Gasteiger charge is 2.49. The number of aliphatic hydroxyl groups excluding tert-OH is 2. The summed E-state index contributed by atoms with van der Waals surface area (Å²) in [6, 6.07) is 0. The molecule has 30 heavy (non-hydrogen) atoms. The summed E-state index contributed by atoms with van der Waals surface area (Å²) in [6.45, 7) is 13.6. The average Bonchev–Trinajstić information content (AvgIpc) is 2.65. The molecule has 2 N–H and O–H groups in total. The number of carbonyl (C=O) groups excluding carboxylic acids is 2. The van der Waals surface area contributed by atoms with Crippen molar-refractivity contribution in [1.29, 1.82) is 0 Å². The molecule has 0 spiro atoms. The molecule has 4 nitrogen and oxygen atoms in total. The molecule has 0 heterocycles. The van der Waals surface area contributed by atoms with E-state index in [4.69, 9.17) is 0 Å². The lowest BCUT2D eigenvalue weighted by atomic mass is 9.66. The zero-order chi connectivity index (χ0) is 23.1. The monoisotopic (exact) mass is 414 g/mol. The lowest BCUT2D eigenvalue weighted by molar-refractivity contribution is -0.128. The van der Waals surface area contributed by atoms with Crippen molar-refractivity contribution in [3.05, 3.63) is 57.6 Å². The topological polar surface area (TPSA) is 74.6 Å². The van der Waals surface area contributed by atoms with Crippen LogP contribution in [-0.2, 0) is 9.59 Å². The highest BCUT2D eigenvalue weighted by Crippen LogP contribution is 2.46. The summed E-state index contributed by atoms with van der Waals surface area (Å²) in [7, 11) is 0. The molecule has 166 valence electrons. The molecule has 0 atom stereocenters. The van der Waals surface area contributed by atoms with E-state index >= 15 is 0 Å². The number of unbranched alkanes of at least 4 members (excludes halogenated alkanes) is 1. The molecule has 0 aromatic carbocycles. The molecule has 0 saturated heterocycles. The first-order valence-corrected chi connectivity index (χ1v) is 10.8. The van der Waals surface area contributed by atoms with Crippen LogP contribution in [0.15, 0.2) is 57.6 Å². The third kappa shape index (κ3) is 6.07. The Morgan fingerprint density at radius 3 is 1.83 bits per heavy atom. The first kappa shape index (κ1) is 25.7. The van der Waals surface area contributed by atoms with Crippen LogP contribution in [0.3, 0.4) is 0 Å². The van der Waals surface area contributed by atoms with Crippen molar-refractivity contribution in [3.8, 4) is 0 Å². The summed E-state index contributed by atoms with van der Waals surface area (Å²) < 4.78 is 0. The van der Waals surface area contributed by atoms with Crippen LogP contribution in [0, 0.1) is 5.41 Å². The smallest absolute Gasteiger partial charge is 0.184 e. The Morgan fingerprint density at radius 1 is 0.900 bits per heavy atom. The van der Waals surface area contributed by atoms with E-state index in [0.29, 0.717) is 6.42 Å². The Hall–Kier alpha value is -2.36. The summed E-state index contributed by atoms with van der Waals surface area (Å²) in [4.78, 5) is 26.6. The van der Waals surface area contributed by atoms with Gasteiger partial charge in [0.05, 0.1) is 5.41 Å². The van der Waals surface area contributed by atoms with E-state index in [2.05, 4.69) is 0 Å². The fourth-order valence-corrected chi connectivity index (χ4v) is 3.45. The molecule has 0 radical (unpaired) electrons. The molecule has 1 aliphatic rings. The summed E-state index contributed by atoms with van der Waals surface area (Å²) in [6.07, 6.45) is 8.22. The predicted octanol–water partition coefficient (Wildman–Crippen LogP) is 7.01. The zero-order valence-electron chi connectivity index (χ0n) is 19.7. The summed E-state index contributed by atoms with van der Waals surface area (Å²) in [5.74, 6) is -1.31. The maximum atomic E-state index is 13.7. The Morgan fingerprint density at radius 2 is 1.40 bits per heavy atom. The lowest BCUT2D eigenvalue weighted by Crippen LogP contribution is -2.40. The molecular weight excluding hydrogens is 376 g/mol. The molecule has 0 aromatic rings. The van der Waals surface area contributed by atoms with E-state index < -0.39 is 11.2 Å². The van der Waals surface area contributed by atoms with Crippen molar-refractivity contribution in [2.75, 3.05) is 0 Å². The second-order valence-electron chi connectivity index (χ2n) is 8.95. The molecular formula is C26H38O4. The van der Waals surface area contributed by atoms with Crippen molar-refractivity contribution < 1.29 is 19.8 Å². The molecule has 0 amide bonds. The van der Waals surface area contributed by atoms with Gasteiger partial charge in [-0.3, -0.25) is 9.59 Å². The summed E-state index contributed by atoms with van der Waals surface area (Å²) in [5.41, 5.74) is 1.93. The van der Waals surface area contributed by atoms with Crippen molar-refractivity contribution in [1.82, 2.24) is 0 Å². The quantitative estimate of drug-likeness (QED) is 0.298. The van der Waals surface area contributed by atoms with E-state index in [9.17, 15) is 19.8 Å². The number of Topliss-reactive ketones (excluding diaryl/α,β-unsaturated/α-hetero) is 2. The second-order valence-corrected chi connectivity index (χ2v) is 8.95. The molecule has 4 heteroatoms. The third-order valence-electron chi connectivity index (χ3n) is 5.39. The summed E-state index contributed by atoms with van der Waals surface area (Å²) >= 11 is 0. The molecule has 0 saturated carbocycles. The fourth-order valence-electron chi connectivity index (χ4n) is 3.45. The lowest BCUT2D eigenvalue weighted by Gasteiger charge is -2.36. The average molecular weight is 415 g/mol. The van der Waals surface area contributed by atoms with Gasteiger partial charge in [0.1, 0.15) is 17.1 Å². The Balaban J connectivity index is 3.77. The molecule has 1 rings (SSSR count). The van der Waals surface area contributed by atoms with Crippen molar-refractivity contribution in [2.45, 2.75) is 87.0 Å². The Kier molecular flexibility index (Phi) is 9.54. The Bertz CT molecular complexity index is 799. The molecule has 0 aliphatic heterocycles. The van der Waals surface area contributed by atoms with Gasteiger partial charge in [0, 0.05) is 12.0 Å². The molecule has 1 aliphatic carbocycles. The fraction of sp³-hybridized carbons (Fsp3) is 0.538.